The average molecular weight is 250 g/mol. The van der Waals surface area contributed by atoms with Crippen LogP contribution in [0.15, 0.2) is 35.2 Å². The Kier molecular flexibility index (Phi) is 7.11. The number of rotatable bonds is 6. The molecule has 0 bridgehead atoms. The molecule has 5 heteroatoms. The normalized spacial score (nSPS) is 10.2. The summed E-state index contributed by atoms with van der Waals surface area (Å²) in [7, 11) is 6.87. The average Bonchev–Trinajstić information content (AvgIpc) is 2.19. The van der Waals surface area contributed by atoms with Crippen LogP contribution in [0.5, 0.6) is 0 Å². The van der Waals surface area contributed by atoms with Crippen molar-refractivity contribution in [3.05, 3.63) is 30.3 Å². The SMILES string of the molecule is OCCSSSSc1ccccc1. The Balaban J connectivity index is 2.07. The summed E-state index contributed by atoms with van der Waals surface area (Å²) in [5, 5.41) is 8.53. The quantitative estimate of drug-likeness (QED) is 0.611. The largest absolute Gasteiger partial charge is 0.395 e. The van der Waals surface area contributed by atoms with E-state index in [1.165, 1.54) is 4.90 Å². The van der Waals surface area contributed by atoms with Crippen molar-refractivity contribution in [2.75, 3.05) is 12.4 Å². The van der Waals surface area contributed by atoms with Gasteiger partial charge in [0, 0.05) is 10.6 Å². The van der Waals surface area contributed by atoms with Crippen LogP contribution in [0.25, 0.3) is 0 Å². The molecule has 72 valence electrons. The second-order valence-corrected chi connectivity index (χ2v) is 8.11. The van der Waals surface area contributed by atoms with Crippen LogP contribution >= 0.6 is 41.2 Å². The number of aliphatic hydroxyl groups excluding tert-OH is 1. The van der Waals surface area contributed by atoms with Gasteiger partial charge in [-0.15, -0.1) is 0 Å². The number of hydrogen-bond acceptors (Lipinski definition) is 5. The van der Waals surface area contributed by atoms with Gasteiger partial charge in [0.25, 0.3) is 0 Å². The number of hydrogen-bond donors (Lipinski definition) is 1. The molecule has 1 nitrogen and oxygen atoms in total. The van der Waals surface area contributed by atoms with Crippen LogP contribution in [0.3, 0.4) is 0 Å². The smallest absolute Gasteiger partial charge is 0.0530 e. The van der Waals surface area contributed by atoms with Gasteiger partial charge in [-0.2, -0.15) is 0 Å². The topological polar surface area (TPSA) is 20.2 Å². The van der Waals surface area contributed by atoms with Crippen molar-refractivity contribution in [3.63, 3.8) is 0 Å². The fraction of sp³-hybridized carbons (Fsp3) is 0.250. The van der Waals surface area contributed by atoms with Crippen molar-refractivity contribution in [1.29, 1.82) is 0 Å². The van der Waals surface area contributed by atoms with Crippen molar-refractivity contribution < 1.29 is 5.11 Å². The standard InChI is InChI=1S/C8H10OS4/c9-6-7-10-12-13-11-8-4-2-1-3-5-8/h1-5,9H,6-7H2. The molecular formula is C8H10OS4. The first kappa shape index (κ1) is 11.7. The summed E-state index contributed by atoms with van der Waals surface area (Å²) in [6.07, 6.45) is 0. The fourth-order valence-corrected chi connectivity index (χ4v) is 6.11. The lowest BCUT2D eigenvalue weighted by Crippen LogP contribution is -1.80. The maximum absolute atomic E-state index is 8.53. The van der Waals surface area contributed by atoms with Crippen molar-refractivity contribution in [2.45, 2.75) is 4.90 Å². The van der Waals surface area contributed by atoms with Crippen LogP contribution in [-0.2, 0) is 0 Å². The highest BCUT2D eigenvalue weighted by atomic mass is 33.7. The summed E-state index contributed by atoms with van der Waals surface area (Å²) in [5.41, 5.74) is 0. The summed E-state index contributed by atoms with van der Waals surface area (Å²) in [5.74, 6) is 0.799. The minimum absolute atomic E-state index is 0.258. The molecule has 0 atom stereocenters. The molecule has 0 saturated heterocycles. The molecular weight excluding hydrogens is 240 g/mol. The molecule has 0 aromatic heterocycles. The van der Waals surface area contributed by atoms with Gasteiger partial charge in [0.15, 0.2) is 0 Å². The highest BCUT2D eigenvalue weighted by Gasteiger charge is 1.94. The zero-order valence-electron chi connectivity index (χ0n) is 6.88. The predicted molar refractivity (Wildman–Crippen MR) is 67.0 cm³/mol. The Morgan fingerprint density at radius 1 is 1.08 bits per heavy atom. The number of benzene rings is 1. The van der Waals surface area contributed by atoms with E-state index < -0.39 is 0 Å². The van der Waals surface area contributed by atoms with Crippen molar-refractivity contribution >= 4 is 41.2 Å². The molecule has 0 aliphatic carbocycles. The van der Waals surface area contributed by atoms with Crippen LogP contribution < -0.4 is 0 Å². The Hall–Kier alpha value is 0.580. The first-order chi connectivity index (χ1) is 6.43. The molecule has 0 heterocycles. The predicted octanol–water partition coefficient (Wildman–Crippen LogP) is 3.72. The third-order valence-corrected chi connectivity index (χ3v) is 7.37. The maximum Gasteiger partial charge on any atom is 0.0530 e. The van der Waals surface area contributed by atoms with E-state index in [-0.39, 0.29) is 6.61 Å². The van der Waals surface area contributed by atoms with Gasteiger partial charge in [-0.05, 0) is 42.6 Å². The maximum atomic E-state index is 8.53. The van der Waals surface area contributed by atoms with Gasteiger partial charge in [0.05, 0.1) is 6.61 Å². The van der Waals surface area contributed by atoms with Gasteiger partial charge in [0.1, 0.15) is 0 Å². The Bertz CT molecular complexity index is 217. The minimum atomic E-state index is 0.258. The molecule has 0 unspecified atom stereocenters. The highest BCUT2D eigenvalue weighted by Crippen LogP contribution is 2.46. The molecule has 0 aliphatic rings. The first-order valence-corrected chi connectivity index (χ1v) is 8.71. The van der Waals surface area contributed by atoms with E-state index in [9.17, 15) is 0 Å². The minimum Gasteiger partial charge on any atom is -0.395 e. The fourth-order valence-electron chi connectivity index (χ4n) is 0.620. The molecule has 13 heavy (non-hydrogen) atoms. The number of aliphatic hydroxyl groups is 1. The summed E-state index contributed by atoms with van der Waals surface area (Å²) in [4.78, 5) is 1.27. The van der Waals surface area contributed by atoms with Gasteiger partial charge in [-0.1, -0.05) is 29.0 Å². The molecule has 1 aromatic rings. The third kappa shape index (κ3) is 5.80. The Labute approximate surface area is 93.6 Å². The molecule has 0 aliphatic heterocycles. The van der Waals surface area contributed by atoms with E-state index in [2.05, 4.69) is 12.1 Å². The summed E-state index contributed by atoms with van der Waals surface area (Å²) in [6.45, 7) is 0.258. The van der Waals surface area contributed by atoms with Gasteiger partial charge in [0.2, 0.25) is 0 Å². The summed E-state index contributed by atoms with van der Waals surface area (Å²) < 4.78 is 0. The molecule has 1 aromatic carbocycles. The summed E-state index contributed by atoms with van der Waals surface area (Å²) in [6, 6.07) is 10.3. The highest BCUT2D eigenvalue weighted by molar-refractivity contribution is 9.26. The van der Waals surface area contributed by atoms with Crippen LogP contribution in [0, 0.1) is 0 Å². The second-order valence-electron chi connectivity index (χ2n) is 2.08. The lowest BCUT2D eigenvalue weighted by molar-refractivity contribution is 0.323. The summed E-state index contributed by atoms with van der Waals surface area (Å²) >= 11 is 0. The molecule has 1 rings (SSSR count). The van der Waals surface area contributed by atoms with Crippen LogP contribution in [-0.4, -0.2) is 17.5 Å². The van der Waals surface area contributed by atoms with E-state index in [0.717, 1.165) is 5.75 Å². The van der Waals surface area contributed by atoms with E-state index in [4.69, 9.17) is 5.11 Å². The van der Waals surface area contributed by atoms with Crippen molar-refractivity contribution in [1.82, 2.24) is 0 Å². The molecule has 0 saturated carbocycles. The van der Waals surface area contributed by atoms with E-state index in [1.54, 1.807) is 41.2 Å². The molecule has 0 amide bonds. The van der Waals surface area contributed by atoms with Crippen molar-refractivity contribution in [3.8, 4) is 0 Å². The second kappa shape index (κ2) is 7.94. The van der Waals surface area contributed by atoms with Crippen LogP contribution in [0.1, 0.15) is 0 Å². The first-order valence-electron chi connectivity index (χ1n) is 3.72. The van der Waals surface area contributed by atoms with Gasteiger partial charge >= 0.3 is 0 Å². The molecule has 0 fully saturated rings. The van der Waals surface area contributed by atoms with Gasteiger partial charge in [-0.3, -0.25) is 0 Å². The molecule has 0 radical (unpaired) electrons. The van der Waals surface area contributed by atoms with Crippen LogP contribution in [0.4, 0.5) is 0 Å². The van der Waals surface area contributed by atoms with E-state index in [0.29, 0.717) is 0 Å². The van der Waals surface area contributed by atoms with Crippen LogP contribution in [0.2, 0.25) is 0 Å². The van der Waals surface area contributed by atoms with E-state index >= 15 is 0 Å². The molecule has 0 spiro atoms. The third-order valence-electron chi connectivity index (χ3n) is 1.12. The monoisotopic (exact) mass is 250 g/mol. The lowest BCUT2D eigenvalue weighted by atomic mass is 10.4. The zero-order chi connectivity index (χ0) is 9.36. The van der Waals surface area contributed by atoms with Crippen molar-refractivity contribution in [2.24, 2.45) is 0 Å². The Morgan fingerprint density at radius 3 is 2.54 bits per heavy atom. The van der Waals surface area contributed by atoms with Gasteiger partial charge < -0.3 is 5.11 Å². The van der Waals surface area contributed by atoms with E-state index in [1.807, 2.05) is 18.2 Å². The Morgan fingerprint density at radius 2 is 1.85 bits per heavy atom. The lowest BCUT2D eigenvalue weighted by Gasteiger charge is -1.98. The molecule has 1 N–H and O–H groups in total. The van der Waals surface area contributed by atoms with Gasteiger partial charge in [-0.25, -0.2) is 0 Å². The zero-order valence-corrected chi connectivity index (χ0v) is 10.1.